The second-order valence-electron chi connectivity index (χ2n) is 4.85. The van der Waals surface area contributed by atoms with Crippen LogP contribution >= 0.6 is 0 Å². The van der Waals surface area contributed by atoms with Crippen molar-refractivity contribution in [1.82, 2.24) is 19.7 Å². The number of esters is 1. The van der Waals surface area contributed by atoms with Crippen LogP contribution in [0.2, 0.25) is 0 Å². The standard InChI is InChI=1S/C13H22N4O2/c1-3-19-13(18)12-15-14-11(2)17(12)10-6-9-16-7-4-5-8-16/h3-10H2,1-2H3. The van der Waals surface area contributed by atoms with Crippen LogP contribution in [0.1, 0.15) is 42.6 Å². The van der Waals surface area contributed by atoms with E-state index in [9.17, 15) is 4.79 Å². The van der Waals surface area contributed by atoms with E-state index in [1.54, 1.807) is 6.92 Å². The highest BCUT2D eigenvalue weighted by molar-refractivity contribution is 5.85. The highest BCUT2D eigenvalue weighted by atomic mass is 16.5. The van der Waals surface area contributed by atoms with Crippen molar-refractivity contribution in [2.24, 2.45) is 0 Å². The topological polar surface area (TPSA) is 60.2 Å². The molecule has 0 spiro atoms. The van der Waals surface area contributed by atoms with Crippen LogP contribution in [0, 0.1) is 6.92 Å². The van der Waals surface area contributed by atoms with Crippen molar-refractivity contribution in [3.05, 3.63) is 11.6 Å². The molecular weight excluding hydrogens is 244 g/mol. The highest BCUT2D eigenvalue weighted by Crippen LogP contribution is 2.09. The lowest BCUT2D eigenvalue weighted by Gasteiger charge is -2.15. The van der Waals surface area contributed by atoms with E-state index in [1.165, 1.54) is 25.9 Å². The van der Waals surface area contributed by atoms with E-state index in [1.807, 2.05) is 11.5 Å². The molecule has 0 atom stereocenters. The van der Waals surface area contributed by atoms with E-state index >= 15 is 0 Å². The summed E-state index contributed by atoms with van der Waals surface area (Å²) < 4.78 is 6.84. The molecule has 1 aromatic heterocycles. The van der Waals surface area contributed by atoms with Crippen molar-refractivity contribution in [2.75, 3.05) is 26.2 Å². The van der Waals surface area contributed by atoms with Gasteiger partial charge >= 0.3 is 5.97 Å². The van der Waals surface area contributed by atoms with Crippen molar-refractivity contribution >= 4 is 5.97 Å². The van der Waals surface area contributed by atoms with Gasteiger partial charge in [0.05, 0.1) is 6.61 Å². The number of aromatic nitrogens is 3. The van der Waals surface area contributed by atoms with Crippen molar-refractivity contribution in [3.8, 4) is 0 Å². The number of carbonyl (C=O) groups excluding carboxylic acids is 1. The number of ether oxygens (including phenoxy) is 1. The third-order valence-electron chi connectivity index (χ3n) is 3.45. The summed E-state index contributed by atoms with van der Waals surface area (Å²) in [7, 11) is 0. The van der Waals surface area contributed by atoms with E-state index in [4.69, 9.17) is 4.74 Å². The van der Waals surface area contributed by atoms with Crippen LogP contribution in [0.4, 0.5) is 0 Å². The maximum atomic E-state index is 11.7. The smallest absolute Gasteiger partial charge is 0.376 e. The van der Waals surface area contributed by atoms with Crippen LogP contribution in [0.25, 0.3) is 0 Å². The van der Waals surface area contributed by atoms with E-state index < -0.39 is 0 Å². The fraction of sp³-hybridized carbons (Fsp3) is 0.769. The maximum Gasteiger partial charge on any atom is 0.376 e. The van der Waals surface area contributed by atoms with Gasteiger partial charge in [0.2, 0.25) is 5.82 Å². The quantitative estimate of drug-likeness (QED) is 0.725. The van der Waals surface area contributed by atoms with Crippen LogP contribution in [0.3, 0.4) is 0 Å². The molecule has 106 valence electrons. The summed E-state index contributed by atoms with van der Waals surface area (Å²) in [6, 6.07) is 0. The van der Waals surface area contributed by atoms with Gasteiger partial charge in [-0.25, -0.2) is 4.79 Å². The summed E-state index contributed by atoms with van der Waals surface area (Å²) in [6.07, 6.45) is 3.62. The molecule has 1 aromatic rings. The fourth-order valence-corrected chi connectivity index (χ4v) is 2.45. The average Bonchev–Trinajstić information content (AvgIpc) is 3.01. The molecule has 1 fully saturated rings. The first-order chi connectivity index (χ1) is 9.22. The Bertz CT molecular complexity index is 424. The molecule has 1 saturated heterocycles. The minimum Gasteiger partial charge on any atom is -0.460 e. The lowest BCUT2D eigenvalue weighted by molar-refractivity contribution is 0.0505. The lowest BCUT2D eigenvalue weighted by Crippen LogP contribution is -2.22. The number of hydrogen-bond acceptors (Lipinski definition) is 5. The zero-order chi connectivity index (χ0) is 13.7. The Hall–Kier alpha value is -1.43. The van der Waals surface area contributed by atoms with Gasteiger partial charge in [0.25, 0.3) is 0 Å². The molecular formula is C13H22N4O2. The number of nitrogens with zero attached hydrogens (tertiary/aromatic N) is 4. The predicted molar refractivity (Wildman–Crippen MR) is 71.0 cm³/mol. The zero-order valence-corrected chi connectivity index (χ0v) is 11.8. The van der Waals surface area contributed by atoms with Crippen molar-refractivity contribution in [3.63, 3.8) is 0 Å². The van der Waals surface area contributed by atoms with Crippen molar-refractivity contribution in [2.45, 2.75) is 39.7 Å². The molecule has 0 unspecified atom stereocenters. The number of aryl methyl sites for hydroxylation is 1. The molecule has 0 bridgehead atoms. The number of carbonyl (C=O) groups is 1. The van der Waals surface area contributed by atoms with Crippen LogP contribution in [-0.2, 0) is 11.3 Å². The largest absolute Gasteiger partial charge is 0.460 e. The summed E-state index contributed by atoms with van der Waals surface area (Å²) in [6.45, 7) is 8.25. The monoisotopic (exact) mass is 266 g/mol. The Kier molecular flexibility index (Phi) is 4.90. The molecule has 2 rings (SSSR count). The molecule has 19 heavy (non-hydrogen) atoms. The third kappa shape index (κ3) is 3.53. The van der Waals surface area contributed by atoms with E-state index in [-0.39, 0.29) is 5.97 Å². The molecule has 6 heteroatoms. The minimum atomic E-state index is -0.385. The molecule has 0 N–H and O–H groups in total. The first-order valence-electron chi connectivity index (χ1n) is 7.01. The van der Waals surface area contributed by atoms with Crippen LogP contribution in [0.5, 0.6) is 0 Å². The minimum absolute atomic E-state index is 0.320. The summed E-state index contributed by atoms with van der Waals surface area (Å²) in [5.74, 6) is 0.703. The van der Waals surface area contributed by atoms with E-state index in [0.717, 1.165) is 25.3 Å². The van der Waals surface area contributed by atoms with Crippen molar-refractivity contribution in [1.29, 1.82) is 0 Å². The number of likely N-dealkylation sites (tertiary alicyclic amines) is 1. The summed E-state index contributed by atoms with van der Waals surface area (Å²) in [4.78, 5) is 14.2. The molecule has 1 aliphatic heterocycles. The second-order valence-corrected chi connectivity index (χ2v) is 4.85. The Labute approximate surface area is 113 Å². The van der Waals surface area contributed by atoms with Crippen LogP contribution in [-0.4, -0.2) is 51.9 Å². The lowest BCUT2D eigenvalue weighted by atomic mass is 10.3. The van der Waals surface area contributed by atoms with Gasteiger partial charge in [0.1, 0.15) is 5.82 Å². The molecule has 0 saturated carbocycles. The first kappa shape index (κ1) is 14.0. The van der Waals surface area contributed by atoms with E-state index in [0.29, 0.717) is 12.4 Å². The third-order valence-corrected chi connectivity index (χ3v) is 3.45. The Balaban J connectivity index is 1.91. The van der Waals surface area contributed by atoms with E-state index in [2.05, 4.69) is 15.1 Å². The normalized spacial score (nSPS) is 15.9. The molecule has 0 aliphatic carbocycles. The summed E-state index contributed by atoms with van der Waals surface area (Å²) >= 11 is 0. The van der Waals surface area contributed by atoms with Gasteiger partial charge in [-0.15, -0.1) is 10.2 Å². The molecule has 2 heterocycles. The zero-order valence-electron chi connectivity index (χ0n) is 11.8. The Morgan fingerprint density at radius 1 is 1.26 bits per heavy atom. The fourth-order valence-electron chi connectivity index (χ4n) is 2.45. The molecule has 0 amide bonds. The second kappa shape index (κ2) is 6.65. The number of hydrogen-bond donors (Lipinski definition) is 0. The predicted octanol–water partition coefficient (Wildman–Crippen LogP) is 1.25. The van der Waals surface area contributed by atoms with Gasteiger partial charge in [-0.3, -0.25) is 0 Å². The summed E-state index contributed by atoms with van der Waals surface area (Å²) in [5, 5.41) is 7.88. The average molecular weight is 266 g/mol. The molecule has 0 aromatic carbocycles. The highest BCUT2D eigenvalue weighted by Gasteiger charge is 2.18. The SMILES string of the molecule is CCOC(=O)c1nnc(C)n1CCCN1CCCC1. The van der Waals surface area contributed by atoms with Gasteiger partial charge in [0, 0.05) is 6.54 Å². The van der Waals surface area contributed by atoms with Gasteiger partial charge in [-0.2, -0.15) is 0 Å². The number of rotatable bonds is 6. The first-order valence-corrected chi connectivity index (χ1v) is 7.01. The molecule has 0 radical (unpaired) electrons. The molecule has 6 nitrogen and oxygen atoms in total. The van der Waals surface area contributed by atoms with Crippen molar-refractivity contribution < 1.29 is 9.53 Å². The Morgan fingerprint density at radius 2 is 2.00 bits per heavy atom. The van der Waals surface area contributed by atoms with Gasteiger partial charge < -0.3 is 14.2 Å². The van der Waals surface area contributed by atoms with Gasteiger partial charge in [-0.05, 0) is 52.7 Å². The van der Waals surface area contributed by atoms with Gasteiger partial charge in [-0.1, -0.05) is 0 Å². The Morgan fingerprint density at radius 3 is 2.68 bits per heavy atom. The maximum absolute atomic E-state index is 11.7. The molecule has 1 aliphatic rings. The van der Waals surface area contributed by atoms with Gasteiger partial charge in [0.15, 0.2) is 0 Å². The summed E-state index contributed by atoms with van der Waals surface area (Å²) in [5.41, 5.74) is 0. The van der Waals surface area contributed by atoms with Crippen LogP contribution in [0.15, 0.2) is 0 Å². The van der Waals surface area contributed by atoms with Crippen LogP contribution < -0.4 is 0 Å².